The average molecular weight is 259 g/mol. The first-order chi connectivity index (χ1) is 9.15. The van der Waals surface area contributed by atoms with Gasteiger partial charge >= 0.3 is 0 Å². The minimum atomic E-state index is 0.584. The van der Waals surface area contributed by atoms with E-state index in [0.29, 0.717) is 11.7 Å². The Labute approximate surface area is 113 Å². The van der Waals surface area contributed by atoms with Gasteiger partial charge in [0.25, 0.3) is 0 Å². The molecule has 0 aliphatic carbocycles. The molecule has 4 heteroatoms. The number of anilines is 1. The summed E-state index contributed by atoms with van der Waals surface area (Å²) in [6.45, 7) is 6.51. The molecule has 2 atom stereocenters. The summed E-state index contributed by atoms with van der Waals surface area (Å²) in [7, 11) is 0. The SMILES string of the molecule is CC1CCCN(Cc2nc3c(N)cccc3o2)C1C. The lowest BCUT2D eigenvalue weighted by Gasteiger charge is -2.37. The van der Waals surface area contributed by atoms with E-state index < -0.39 is 0 Å². The summed E-state index contributed by atoms with van der Waals surface area (Å²) < 4.78 is 5.80. The predicted molar refractivity (Wildman–Crippen MR) is 76.7 cm³/mol. The zero-order valence-corrected chi connectivity index (χ0v) is 11.6. The van der Waals surface area contributed by atoms with Crippen LogP contribution in [-0.4, -0.2) is 22.5 Å². The number of nitrogen functional groups attached to an aromatic ring is 1. The number of hydrogen-bond acceptors (Lipinski definition) is 4. The van der Waals surface area contributed by atoms with Gasteiger partial charge in [0.1, 0.15) is 5.52 Å². The summed E-state index contributed by atoms with van der Waals surface area (Å²) in [5.74, 6) is 1.51. The second-order valence-electron chi connectivity index (χ2n) is 5.63. The van der Waals surface area contributed by atoms with E-state index in [-0.39, 0.29) is 0 Å². The van der Waals surface area contributed by atoms with Crippen molar-refractivity contribution in [3.05, 3.63) is 24.1 Å². The van der Waals surface area contributed by atoms with E-state index in [1.54, 1.807) is 0 Å². The van der Waals surface area contributed by atoms with Crippen LogP contribution in [0.4, 0.5) is 5.69 Å². The maximum atomic E-state index is 5.92. The lowest BCUT2D eigenvalue weighted by Crippen LogP contribution is -2.41. The van der Waals surface area contributed by atoms with Crippen LogP contribution in [0.25, 0.3) is 11.1 Å². The van der Waals surface area contributed by atoms with Gasteiger partial charge in [-0.3, -0.25) is 4.90 Å². The van der Waals surface area contributed by atoms with Gasteiger partial charge < -0.3 is 10.2 Å². The Kier molecular flexibility index (Phi) is 3.19. The maximum Gasteiger partial charge on any atom is 0.209 e. The fourth-order valence-electron chi connectivity index (χ4n) is 2.90. The van der Waals surface area contributed by atoms with Crippen LogP contribution in [0.5, 0.6) is 0 Å². The number of benzene rings is 1. The number of nitrogens with two attached hydrogens (primary N) is 1. The van der Waals surface area contributed by atoms with Crippen LogP contribution in [-0.2, 0) is 6.54 Å². The second kappa shape index (κ2) is 4.85. The van der Waals surface area contributed by atoms with E-state index in [9.17, 15) is 0 Å². The highest BCUT2D eigenvalue weighted by Crippen LogP contribution is 2.26. The van der Waals surface area contributed by atoms with Crippen LogP contribution in [0.1, 0.15) is 32.6 Å². The summed E-state index contributed by atoms with van der Waals surface area (Å²) in [4.78, 5) is 6.99. The van der Waals surface area contributed by atoms with Crippen LogP contribution in [0.15, 0.2) is 22.6 Å². The largest absolute Gasteiger partial charge is 0.439 e. The molecule has 0 radical (unpaired) electrons. The molecule has 3 rings (SSSR count). The average Bonchev–Trinajstić information content (AvgIpc) is 2.79. The highest BCUT2D eigenvalue weighted by molar-refractivity contribution is 5.85. The smallest absolute Gasteiger partial charge is 0.209 e. The Morgan fingerprint density at radius 2 is 2.26 bits per heavy atom. The summed E-state index contributed by atoms with van der Waals surface area (Å²) in [5, 5.41) is 0. The number of rotatable bonds is 2. The van der Waals surface area contributed by atoms with Crippen molar-refractivity contribution < 1.29 is 4.42 Å². The molecule has 2 heterocycles. The van der Waals surface area contributed by atoms with Gasteiger partial charge in [-0.05, 0) is 44.4 Å². The minimum absolute atomic E-state index is 0.584. The zero-order valence-electron chi connectivity index (χ0n) is 11.6. The van der Waals surface area contributed by atoms with Crippen molar-refractivity contribution in [3.8, 4) is 0 Å². The van der Waals surface area contributed by atoms with Crippen LogP contribution < -0.4 is 5.73 Å². The molecule has 1 saturated heterocycles. The van der Waals surface area contributed by atoms with Crippen molar-refractivity contribution in [2.75, 3.05) is 12.3 Å². The van der Waals surface area contributed by atoms with E-state index in [0.717, 1.165) is 36.0 Å². The maximum absolute atomic E-state index is 5.92. The van der Waals surface area contributed by atoms with Crippen molar-refractivity contribution in [1.29, 1.82) is 0 Å². The molecule has 0 amide bonds. The highest BCUT2D eigenvalue weighted by atomic mass is 16.3. The molecule has 1 aromatic carbocycles. The number of nitrogens with zero attached hydrogens (tertiary/aromatic N) is 2. The van der Waals surface area contributed by atoms with Gasteiger partial charge in [-0.15, -0.1) is 0 Å². The lowest BCUT2D eigenvalue weighted by atomic mass is 9.92. The molecule has 2 aromatic rings. The zero-order chi connectivity index (χ0) is 13.4. The third-order valence-electron chi connectivity index (χ3n) is 4.34. The van der Waals surface area contributed by atoms with Crippen LogP contribution in [0, 0.1) is 5.92 Å². The number of piperidine rings is 1. The van der Waals surface area contributed by atoms with Crippen molar-refractivity contribution in [3.63, 3.8) is 0 Å². The van der Waals surface area contributed by atoms with Gasteiger partial charge in [-0.2, -0.15) is 0 Å². The van der Waals surface area contributed by atoms with Crippen LogP contribution in [0.3, 0.4) is 0 Å². The van der Waals surface area contributed by atoms with Crippen molar-refractivity contribution >= 4 is 16.8 Å². The molecule has 0 bridgehead atoms. The number of likely N-dealkylation sites (tertiary alicyclic amines) is 1. The molecular formula is C15H21N3O. The first kappa shape index (κ1) is 12.5. The quantitative estimate of drug-likeness (QED) is 0.842. The first-order valence-electron chi connectivity index (χ1n) is 7.03. The monoisotopic (exact) mass is 259 g/mol. The molecule has 1 fully saturated rings. The highest BCUT2D eigenvalue weighted by Gasteiger charge is 2.25. The van der Waals surface area contributed by atoms with E-state index in [1.165, 1.54) is 12.8 Å². The molecule has 4 nitrogen and oxygen atoms in total. The Morgan fingerprint density at radius 3 is 3.05 bits per heavy atom. The predicted octanol–water partition coefficient (Wildman–Crippen LogP) is 3.03. The lowest BCUT2D eigenvalue weighted by molar-refractivity contribution is 0.0974. The Bertz CT molecular complexity index is 578. The number of aromatic nitrogens is 1. The number of hydrogen-bond donors (Lipinski definition) is 1. The van der Waals surface area contributed by atoms with E-state index in [2.05, 4.69) is 23.7 Å². The molecular weight excluding hydrogens is 238 g/mol. The van der Waals surface area contributed by atoms with E-state index in [4.69, 9.17) is 10.2 Å². The van der Waals surface area contributed by atoms with E-state index in [1.807, 2.05) is 18.2 Å². The number of para-hydroxylation sites is 1. The fraction of sp³-hybridized carbons (Fsp3) is 0.533. The van der Waals surface area contributed by atoms with Gasteiger partial charge in [0.15, 0.2) is 5.58 Å². The summed E-state index contributed by atoms with van der Waals surface area (Å²) in [6.07, 6.45) is 2.58. The van der Waals surface area contributed by atoms with Crippen molar-refractivity contribution in [2.45, 2.75) is 39.3 Å². The van der Waals surface area contributed by atoms with E-state index >= 15 is 0 Å². The first-order valence-corrected chi connectivity index (χ1v) is 7.03. The minimum Gasteiger partial charge on any atom is -0.439 e. The van der Waals surface area contributed by atoms with Crippen molar-refractivity contribution in [2.24, 2.45) is 5.92 Å². The second-order valence-corrected chi connectivity index (χ2v) is 5.63. The number of fused-ring (bicyclic) bond motifs is 1. The molecule has 0 spiro atoms. The standard InChI is InChI=1S/C15H21N3O/c1-10-5-4-8-18(11(10)2)9-14-17-15-12(16)6-3-7-13(15)19-14/h3,6-7,10-11H,4-5,8-9,16H2,1-2H3. The summed E-state index contributed by atoms with van der Waals surface area (Å²) in [5.41, 5.74) is 8.18. The van der Waals surface area contributed by atoms with Gasteiger partial charge in [-0.1, -0.05) is 13.0 Å². The molecule has 2 N–H and O–H groups in total. The third-order valence-corrected chi connectivity index (χ3v) is 4.34. The van der Waals surface area contributed by atoms with Crippen LogP contribution >= 0.6 is 0 Å². The number of oxazole rings is 1. The Morgan fingerprint density at radius 1 is 1.42 bits per heavy atom. The third kappa shape index (κ3) is 2.32. The fourth-order valence-corrected chi connectivity index (χ4v) is 2.90. The molecule has 1 aliphatic heterocycles. The normalized spacial score (nSPS) is 24.9. The molecule has 19 heavy (non-hydrogen) atoms. The van der Waals surface area contributed by atoms with Gasteiger partial charge in [0.05, 0.1) is 12.2 Å². The van der Waals surface area contributed by atoms with Gasteiger partial charge in [-0.25, -0.2) is 4.98 Å². The molecule has 1 aliphatic rings. The topological polar surface area (TPSA) is 55.3 Å². The molecule has 102 valence electrons. The Hall–Kier alpha value is -1.55. The molecule has 1 aromatic heterocycles. The Balaban J connectivity index is 1.83. The summed E-state index contributed by atoms with van der Waals surface area (Å²) >= 11 is 0. The summed E-state index contributed by atoms with van der Waals surface area (Å²) in [6, 6.07) is 6.27. The molecule has 2 unspecified atom stereocenters. The van der Waals surface area contributed by atoms with Crippen LogP contribution in [0.2, 0.25) is 0 Å². The van der Waals surface area contributed by atoms with Gasteiger partial charge in [0.2, 0.25) is 5.89 Å². The van der Waals surface area contributed by atoms with Crippen molar-refractivity contribution in [1.82, 2.24) is 9.88 Å². The van der Waals surface area contributed by atoms with Gasteiger partial charge in [0, 0.05) is 6.04 Å². The molecule has 0 saturated carbocycles.